The van der Waals surface area contributed by atoms with Crippen molar-refractivity contribution in [3.05, 3.63) is 53.3 Å². The largest absolute Gasteiger partial charge is 0.367 e. The van der Waals surface area contributed by atoms with E-state index in [4.69, 9.17) is 4.74 Å². The first-order chi connectivity index (χ1) is 10.3. The zero-order valence-electron chi connectivity index (χ0n) is 11.8. The summed E-state index contributed by atoms with van der Waals surface area (Å²) in [5, 5.41) is 10.1. The molecule has 0 fully saturated rings. The highest BCUT2D eigenvalue weighted by molar-refractivity contribution is 5.77. The number of amides is 1. The maximum atomic E-state index is 11.9. The third-order valence-corrected chi connectivity index (χ3v) is 3.73. The van der Waals surface area contributed by atoms with Gasteiger partial charge in [-0.15, -0.1) is 0 Å². The number of fused-ring (bicyclic) bond motifs is 1. The molecule has 1 aliphatic rings. The minimum Gasteiger partial charge on any atom is -0.367 e. The van der Waals surface area contributed by atoms with Crippen LogP contribution in [0.1, 0.15) is 23.2 Å². The molecule has 21 heavy (non-hydrogen) atoms. The monoisotopic (exact) mass is 285 g/mol. The SMILES string of the molecule is O=C(COCc1ccccc1)N[C@@H]1CCc2cn[nH]c2C1. The standard InChI is InChI=1S/C16H19N3O2/c20-16(11-21-10-12-4-2-1-3-5-12)18-14-7-6-13-9-17-19-15(13)8-14/h1-5,9,14H,6-8,10-11H2,(H,17,19)(H,18,20)/t14-/m1/s1. The number of benzene rings is 1. The van der Waals surface area contributed by atoms with Gasteiger partial charge in [-0.2, -0.15) is 5.10 Å². The van der Waals surface area contributed by atoms with Crippen molar-refractivity contribution in [3.63, 3.8) is 0 Å². The van der Waals surface area contributed by atoms with Crippen LogP contribution in [-0.4, -0.2) is 28.8 Å². The Kier molecular flexibility index (Phi) is 4.31. The molecule has 2 N–H and O–H groups in total. The highest BCUT2D eigenvalue weighted by atomic mass is 16.5. The number of carbonyl (C=O) groups is 1. The second kappa shape index (κ2) is 6.54. The van der Waals surface area contributed by atoms with Crippen LogP contribution < -0.4 is 5.32 Å². The van der Waals surface area contributed by atoms with Gasteiger partial charge < -0.3 is 10.1 Å². The highest BCUT2D eigenvalue weighted by Gasteiger charge is 2.21. The van der Waals surface area contributed by atoms with Crippen molar-refractivity contribution >= 4 is 5.91 Å². The smallest absolute Gasteiger partial charge is 0.246 e. The van der Waals surface area contributed by atoms with Crippen LogP contribution in [0.5, 0.6) is 0 Å². The molecule has 3 rings (SSSR count). The number of ether oxygens (including phenoxy) is 1. The van der Waals surface area contributed by atoms with E-state index in [0.29, 0.717) is 6.61 Å². The first-order valence-corrected chi connectivity index (χ1v) is 7.23. The molecule has 1 aromatic heterocycles. The van der Waals surface area contributed by atoms with Crippen molar-refractivity contribution in [2.75, 3.05) is 6.61 Å². The minimum atomic E-state index is -0.0566. The molecule has 0 spiro atoms. The lowest BCUT2D eigenvalue weighted by molar-refractivity contribution is -0.126. The van der Waals surface area contributed by atoms with Gasteiger partial charge >= 0.3 is 0 Å². The number of nitrogens with zero attached hydrogens (tertiary/aromatic N) is 1. The van der Waals surface area contributed by atoms with Gasteiger partial charge in [0.25, 0.3) is 0 Å². The van der Waals surface area contributed by atoms with E-state index in [2.05, 4.69) is 15.5 Å². The van der Waals surface area contributed by atoms with Gasteiger partial charge in [0, 0.05) is 18.2 Å². The molecule has 5 heteroatoms. The van der Waals surface area contributed by atoms with Crippen molar-refractivity contribution in [2.45, 2.75) is 31.9 Å². The fourth-order valence-electron chi connectivity index (χ4n) is 2.64. The Bertz CT molecular complexity index is 595. The second-order valence-corrected chi connectivity index (χ2v) is 5.36. The van der Waals surface area contributed by atoms with Crippen LogP contribution in [0.4, 0.5) is 0 Å². The summed E-state index contributed by atoms with van der Waals surface area (Å²) < 4.78 is 5.45. The van der Waals surface area contributed by atoms with Crippen LogP contribution in [0.2, 0.25) is 0 Å². The average molecular weight is 285 g/mol. The number of aryl methyl sites for hydroxylation is 1. The molecule has 0 saturated heterocycles. The summed E-state index contributed by atoms with van der Waals surface area (Å²) in [6, 6.07) is 10.0. The molecule has 0 saturated carbocycles. The van der Waals surface area contributed by atoms with Gasteiger partial charge in [0.05, 0.1) is 12.8 Å². The van der Waals surface area contributed by atoms with Gasteiger partial charge in [0.2, 0.25) is 5.91 Å². The maximum Gasteiger partial charge on any atom is 0.246 e. The Morgan fingerprint density at radius 3 is 3.10 bits per heavy atom. The third kappa shape index (κ3) is 3.70. The van der Waals surface area contributed by atoms with Crippen molar-refractivity contribution in [1.82, 2.24) is 15.5 Å². The Labute approximate surface area is 123 Å². The van der Waals surface area contributed by atoms with Gasteiger partial charge in [-0.3, -0.25) is 9.89 Å². The van der Waals surface area contributed by atoms with Gasteiger partial charge in [0.1, 0.15) is 6.61 Å². The number of aromatic nitrogens is 2. The number of hydrogen-bond acceptors (Lipinski definition) is 3. The lowest BCUT2D eigenvalue weighted by Crippen LogP contribution is -2.40. The first kappa shape index (κ1) is 13.8. The van der Waals surface area contributed by atoms with E-state index in [1.165, 1.54) is 5.56 Å². The maximum absolute atomic E-state index is 11.9. The van der Waals surface area contributed by atoms with Gasteiger partial charge in [0.15, 0.2) is 0 Å². The van der Waals surface area contributed by atoms with Crippen molar-refractivity contribution in [3.8, 4) is 0 Å². The summed E-state index contributed by atoms with van der Waals surface area (Å²) in [7, 11) is 0. The van der Waals surface area contributed by atoms with Crippen LogP contribution in [0, 0.1) is 0 Å². The second-order valence-electron chi connectivity index (χ2n) is 5.36. The van der Waals surface area contributed by atoms with Crippen molar-refractivity contribution < 1.29 is 9.53 Å². The van der Waals surface area contributed by atoms with Crippen LogP contribution in [0.25, 0.3) is 0 Å². The third-order valence-electron chi connectivity index (χ3n) is 3.73. The topological polar surface area (TPSA) is 67.0 Å². The number of rotatable bonds is 5. The number of aromatic amines is 1. The Morgan fingerprint density at radius 2 is 2.24 bits per heavy atom. The summed E-state index contributed by atoms with van der Waals surface area (Å²) in [6.45, 7) is 0.560. The molecular formula is C16H19N3O2. The van der Waals surface area contributed by atoms with Crippen LogP contribution in [0.15, 0.2) is 36.5 Å². The molecular weight excluding hydrogens is 266 g/mol. The quantitative estimate of drug-likeness (QED) is 0.877. The number of H-pyrrole nitrogens is 1. The molecule has 1 amide bonds. The predicted molar refractivity (Wildman–Crippen MR) is 78.6 cm³/mol. The van der Waals surface area contributed by atoms with Crippen LogP contribution in [-0.2, 0) is 29.0 Å². The molecule has 1 aromatic carbocycles. The normalized spacial score (nSPS) is 17.2. The summed E-state index contributed by atoms with van der Waals surface area (Å²) in [4.78, 5) is 11.9. The predicted octanol–water partition coefficient (Wildman–Crippen LogP) is 1.60. The zero-order chi connectivity index (χ0) is 14.5. The lowest BCUT2D eigenvalue weighted by atomic mass is 9.94. The minimum absolute atomic E-state index is 0.0566. The lowest BCUT2D eigenvalue weighted by Gasteiger charge is -2.22. The van der Waals surface area contributed by atoms with Crippen molar-refractivity contribution in [2.24, 2.45) is 0 Å². The molecule has 2 aromatic rings. The fourth-order valence-corrected chi connectivity index (χ4v) is 2.64. The molecule has 0 bridgehead atoms. The molecule has 0 unspecified atom stereocenters. The van der Waals surface area contributed by atoms with E-state index in [1.54, 1.807) is 0 Å². The summed E-state index contributed by atoms with van der Waals surface area (Å²) in [5.41, 5.74) is 3.47. The van der Waals surface area contributed by atoms with Gasteiger partial charge in [-0.05, 0) is 24.0 Å². The van der Waals surface area contributed by atoms with Gasteiger partial charge in [-0.1, -0.05) is 30.3 Å². The van der Waals surface area contributed by atoms with Gasteiger partial charge in [-0.25, -0.2) is 0 Å². The summed E-state index contributed by atoms with van der Waals surface area (Å²) in [6.07, 6.45) is 4.61. The van der Waals surface area contributed by atoms with Crippen LogP contribution in [0.3, 0.4) is 0 Å². The summed E-state index contributed by atoms with van der Waals surface area (Å²) in [5.74, 6) is -0.0566. The molecule has 0 radical (unpaired) electrons. The van der Waals surface area contributed by atoms with E-state index in [0.717, 1.165) is 30.5 Å². The number of carbonyl (C=O) groups excluding carboxylic acids is 1. The molecule has 5 nitrogen and oxygen atoms in total. The van der Waals surface area contributed by atoms with E-state index in [9.17, 15) is 4.79 Å². The fraction of sp³-hybridized carbons (Fsp3) is 0.375. The molecule has 110 valence electrons. The van der Waals surface area contributed by atoms with E-state index in [-0.39, 0.29) is 18.6 Å². The van der Waals surface area contributed by atoms with E-state index in [1.807, 2.05) is 36.5 Å². The molecule has 1 atom stereocenters. The molecule has 1 heterocycles. The molecule has 0 aliphatic heterocycles. The number of nitrogens with one attached hydrogen (secondary N) is 2. The Balaban J connectivity index is 1.41. The highest BCUT2D eigenvalue weighted by Crippen LogP contribution is 2.18. The molecule has 1 aliphatic carbocycles. The van der Waals surface area contributed by atoms with Crippen molar-refractivity contribution in [1.29, 1.82) is 0 Å². The zero-order valence-corrected chi connectivity index (χ0v) is 11.8. The number of hydrogen-bond donors (Lipinski definition) is 2. The summed E-state index contributed by atoms with van der Waals surface area (Å²) >= 11 is 0. The Hall–Kier alpha value is -2.14. The average Bonchev–Trinajstić information content (AvgIpc) is 2.96. The van der Waals surface area contributed by atoms with Crippen LogP contribution >= 0.6 is 0 Å². The first-order valence-electron chi connectivity index (χ1n) is 7.23. The van der Waals surface area contributed by atoms with E-state index < -0.39 is 0 Å². The van der Waals surface area contributed by atoms with E-state index >= 15 is 0 Å². The Morgan fingerprint density at radius 1 is 1.38 bits per heavy atom.